The Bertz CT molecular complexity index is 1410. The van der Waals surface area contributed by atoms with Gasteiger partial charge >= 0.3 is 0 Å². The zero-order valence-corrected chi connectivity index (χ0v) is 18.5. The Kier molecular flexibility index (Phi) is 4.63. The van der Waals surface area contributed by atoms with Crippen LogP contribution in [0.3, 0.4) is 0 Å². The maximum absolute atomic E-state index is 6.02. The smallest absolute Gasteiger partial charge is 0.155 e. The van der Waals surface area contributed by atoms with Gasteiger partial charge in [0, 0.05) is 49.1 Å². The van der Waals surface area contributed by atoms with Crippen molar-refractivity contribution >= 4 is 33.7 Å². The van der Waals surface area contributed by atoms with Gasteiger partial charge in [-0.15, -0.1) is 16.4 Å². The summed E-state index contributed by atoms with van der Waals surface area (Å²) < 4.78 is 1.81. The number of anilines is 1. The van der Waals surface area contributed by atoms with Gasteiger partial charge in [-0.1, -0.05) is 6.07 Å². The number of piperazine rings is 1. The Labute approximate surface area is 188 Å². The number of thiazole rings is 1. The molecule has 9 nitrogen and oxygen atoms in total. The van der Waals surface area contributed by atoms with Gasteiger partial charge in [0.2, 0.25) is 0 Å². The first-order valence-corrected chi connectivity index (χ1v) is 11.5. The summed E-state index contributed by atoms with van der Waals surface area (Å²) in [7, 11) is 2.17. The molecule has 5 aromatic rings. The predicted molar refractivity (Wildman–Crippen MR) is 126 cm³/mol. The molecule has 1 fully saturated rings. The molecule has 0 atom stereocenters. The van der Waals surface area contributed by atoms with Crippen LogP contribution in [-0.2, 0) is 6.54 Å². The van der Waals surface area contributed by atoms with Gasteiger partial charge in [0.05, 0.1) is 17.4 Å². The van der Waals surface area contributed by atoms with Crippen LogP contribution in [0.4, 0.5) is 5.82 Å². The van der Waals surface area contributed by atoms with E-state index in [-0.39, 0.29) is 0 Å². The molecule has 162 valence electrons. The normalized spacial score (nSPS) is 15.8. The van der Waals surface area contributed by atoms with E-state index >= 15 is 0 Å². The van der Waals surface area contributed by atoms with Crippen LogP contribution in [-0.4, -0.2) is 72.8 Å². The summed E-state index contributed by atoms with van der Waals surface area (Å²) in [6.07, 6.45) is 1.82. The lowest BCUT2D eigenvalue weighted by Crippen LogP contribution is -2.43. The standard InChI is InChI=1S/C22H23N9S/c1-29-6-8-30(9-7-29)12-16-13-32-22(25-16)21-20(26-19-5-4-18(23)28-31(19)21)14-2-3-17-15(10-14)11-24-27-17/h2-5,10-11,13H,6-9,12H2,1H3,(H2,23,28)(H,24,27). The summed E-state index contributed by atoms with van der Waals surface area (Å²) in [5.41, 5.74) is 11.5. The quantitative estimate of drug-likeness (QED) is 0.438. The van der Waals surface area contributed by atoms with Crippen molar-refractivity contribution in [2.75, 3.05) is 39.0 Å². The van der Waals surface area contributed by atoms with Gasteiger partial charge in [0.15, 0.2) is 5.65 Å². The molecule has 0 saturated carbocycles. The van der Waals surface area contributed by atoms with Gasteiger partial charge in [-0.2, -0.15) is 5.10 Å². The summed E-state index contributed by atoms with van der Waals surface area (Å²) in [5.74, 6) is 0.446. The highest BCUT2D eigenvalue weighted by Gasteiger charge is 2.22. The largest absolute Gasteiger partial charge is 0.382 e. The highest BCUT2D eigenvalue weighted by atomic mass is 32.1. The van der Waals surface area contributed by atoms with Gasteiger partial charge in [0.1, 0.15) is 22.2 Å². The lowest BCUT2D eigenvalue weighted by atomic mass is 10.1. The van der Waals surface area contributed by atoms with Crippen LogP contribution in [0, 0.1) is 0 Å². The molecule has 4 aromatic heterocycles. The van der Waals surface area contributed by atoms with E-state index in [1.165, 1.54) is 0 Å². The highest BCUT2D eigenvalue weighted by molar-refractivity contribution is 7.13. The van der Waals surface area contributed by atoms with Crippen molar-refractivity contribution in [1.29, 1.82) is 0 Å². The Balaban J connectivity index is 1.43. The Morgan fingerprint density at radius 1 is 1.09 bits per heavy atom. The molecule has 1 aliphatic heterocycles. The number of nitrogens with zero attached hydrogens (tertiary/aromatic N) is 7. The maximum atomic E-state index is 6.02. The highest BCUT2D eigenvalue weighted by Crippen LogP contribution is 2.35. The van der Waals surface area contributed by atoms with Crippen LogP contribution >= 0.6 is 11.3 Å². The molecule has 32 heavy (non-hydrogen) atoms. The van der Waals surface area contributed by atoms with Crippen molar-refractivity contribution in [3.63, 3.8) is 0 Å². The van der Waals surface area contributed by atoms with Crippen LogP contribution in [0.15, 0.2) is 41.9 Å². The van der Waals surface area contributed by atoms with Crippen LogP contribution in [0.2, 0.25) is 0 Å². The first-order valence-electron chi connectivity index (χ1n) is 10.6. The fourth-order valence-electron chi connectivity index (χ4n) is 4.15. The molecule has 1 aliphatic rings. The second-order valence-corrected chi connectivity index (χ2v) is 9.09. The van der Waals surface area contributed by atoms with Gasteiger partial charge in [-0.05, 0) is 31.3 Å². The molecule has 0 spiro atoms. The van der Waals surface area contributed by atoms with Crippen LogP contribution in [0.5, 0.6) is 0 Å². The fourth-order valence-corrected chi connectivity index (χ4v) is 4.99. The van der Waals surface area contributed by atoms with E-state index in [2.05, 4.69) is 43.6 Å². The summed E-state index contributed by atoms with van der Waals surface area (Å²) in [5, 5.41) is 15.8. The van der Waals surface area contributed by atoms with Crippen molar-refractivity contribution in [3.8, 4) is 22.0 Å². The maximum Gasteiger partial charge on any atom is 0.155 e. The van der Waals surface area contributed by atoms with Crippen molar-refractivity contribution < 1.29 is 0 Å². The zero-order valence-electron chi connectivity index (χ0n) is 17.7. The number of nitrogens with one attached hydrogen (secondary N) is 1. The Morgan fingerprint density at radius 3 is 2.84 bits per heavy atom. The molecule has 5 heterocycles. The topological polar surface area (TPSA) is 104 Å². The molecule has 0 bridgehead atoms. The second kappa shape index (κ2) is 7.66. The number of benzene rings is 1. The summed E-state index contributed by atoms with van der Waals surface area (Å²) >= 11 is 1.62. The SMILES string of the molecule is CN1CCN(Cc2csc(-c3c(-c4ccc5[nH]ncc5c4)nc4ccc(N)nn34)n2)CC1. The molecule has 10 heteroatoms. The average Bonchev–Trinajstić information content (AvgIpc) is 3.52. The van der Waals surface area contributed by atoms with Gasteiger partial charge in [-0.25, -0.2) is 14.5 Å². The number of nitrogens with two attached hydrogens (primary N) is 1. The number of hydrogen-bond donors (Lipinski definition) is 2. The van der Waals surface area contributed by atoms with Crippen molar-refractivity contribution in [1.82, 2.24) is 39.6 Å². The molecule has 0 unspecified atom stereocenters. The lowest BCUT2D eigenvalue weighted by Gasteiger charge is -2.31. The molecular weight excluding hydrogens is 422 g/mol. The number of H-pyrrole nitrogens is 1. The third-order valence-electron chi connectivity index (χ3n) is 5.95. The molecule has 1 saturated heterocycles. The van der Waals surface area contributed by atoms with Crippen molar-refractivity contribution in [2.24, 2.45) is 0 Å². The monoisotopic (exact) mass is 445 g/mol. The van der Waals surface area contributed by atoms with E-state index in [4.69, 9.17) is 15.7 Å². The van der Waals surface area contributed by atoms with E-state index in [1.807, 2.05) is 28.9 Å². The number of aromatic nitrogens is 6. The minimum Gasteiger partial charge on any atom is -0.382 e. The third kappa shape index (κ3) is 3.42. The van der Waals surface area contributed by atoms with Crippen LogP contribution in [0.25, 0.3) is 38.5 Å². The lowest BCUT2D eigenvalue weighted by molar-refractivity contribution is 0.147. The minimum absolute atomic E-state index is 0.446. The number of aromatic amines is 1. The summed E-state index contributed by atoms with van der Waals surface area (Å²) in [6, 6.07) is 9.83. The fraction of sp³-hybridized carbons (Fsp3) is 0.273. The Morgan fingerprint density at radius 2 is 1.97 bits per heavy atom. The van der Waals surface area contributed by atoms with Crippen LogP contribution < -0.4 is 5.73 Å². The van der Waals surface area contributed by atoms with E-state index in [0.29, 0.717) is 5.82 Å². The minimum atomic E-state index is 0.446. The van der Waals surface area contributed by atoms with Crippen LogP contribution in [0.1, 0.15) is 5.69 Å². The summed E-state index contributed by atoms with van der Waals surface area (Å²) in [4.78, 5) is 14.7. The summed E-state index contributed by atoms with van der Waals surface area (Å²) in [6.45, 7) is 5.16. The molecule has 0 radical (unpaired) electrons. The third-order valence-corrected chi connectivity index (χ3v) is 6.85. The van der Waals surface area contributed by atoms with Crippen molar-refractivity contribution in [2.45, 2.75) is 6.54 Å². The van der Waals surface area contributed by atoms with Gasteiger partial charge in [-0.3, -0.25) is 10.00 Å². The molecule has 1 aromatic carbocycles. The van der Waals surface area contributed by atoms with E-state index in [9.17, 15) is 0 Å². The van der Waals surface area contributed by atoms with E-state index in [1.54, 1.807) is 17.4 Å². The number of nitrogen functional groups attached to an aromatic ring is 1. The number of imidazole rings is 1. The van der Waals surface area contributed by atoms with Gasteiger partial charge in [0.25, 0.3) is 0 Å². The second-order valence-electron chi connectivity index (χ2n) is 8.23. The number of rotatable bonds is 4. The first-order chi connectivity index (χ1) is 15.6. The average molecular weight is 446 g/mol. The molecular formula is C22H23N9S. The molecule has 6 rings (SSSR count). The predicted octanol–water partition coefficient (Wildman–Crippen LogP) is 2.73. The van der Waals surface area contributed by atoms with E-state index in [0.717, 1.165) is 76.9 Å². The van der Waals surface area contributed by atoms with Crippen molar-refractivity contribution in [3.05, 3.63) is 47.6 Å². The number of hydrogen-bond acceptors (Lipinski definition) is 8. The first kappa shape index (κ1) is 19.4. The zero-order chi connectivity index (χ0) is 21.7. The number of fused-ring (bicyclic) bond motifs is 2. The van der Waals surface area contributed by atoms with E-state index < -0.39 is 0 Å². The Hall–Kier alpha value is -3.34. The molecule has 3 N–H and O–H groups in total. The number of likely N-dealkylation sites (N-methyl/N-ethyl adjacent to an activating group) is 1. The van der Waals surface area contributed by atoms with Gasteiger partial charge < -0.3 is 10.6 Å². The molecule has 0 amide bonds. The molecule has 0 aliphatic carbocycles.